The quantitative estimate of drug-likeness (QED) is 0.746. The average molecular weight is 292 g/mol. The summed E-state index contributed by atoms with van der Waals surface area (Å²) in [6.07, 6.45) is 8.52. The van der Waals surface area contributed by atoms with Gasteiger partial charge in [0.25, 0.3) is 0 Å². The molecule has 1 fully saturated rings. The zero-order chi connectivity index (χ0) is 14.4. The smallest absolute Gasteiger partial charge is 0.0210 e. The first-order chi connectivity index (χ1) is 9.53. The molecule has 1 saturated carbocycles. The molecule has 0 bridgehead atoms. The SMILES string of the molecule is CC(C)(C)NCc1ccc(SC2CCCCCC2)cc1. The van der Waals surface area contributed by atoms with Crippen molar-refractivity contribution in [2.75, 3.05) is 0 Å². The summed E-state index contributed by atoms with van der Waals surface area (Å²) in [5.41, 5.74) is 1.57. The molecule has 0 atom stereocenters. The van der Waals surface area contributed by atoms with Crippen LogP contribution < -0.4 is 5.32 Å². The van der Waals surface area contributed by atoms with Crippen molar-refractivity contribution < 1.29 is 0 Å². The minimum atomic E-state index is 0.188. The van der Waals surface area contributed by atoms with Crippen LogP contribution in [-0.4, -0.2) is 10.8 Å². The maximum absolute atomic E-state index is 3.54. The molecular formula is C18H29NS. The number of thioether (sulfide) groups is 1. The molecule has 0 heterocycles. The molecular weight excluding hydrogens is 262 g/mol. The lowest BCUT2D eigenvalue weighted by Crippen LogP contribution is -2.35. The van der Waals surface area contributed by atoms with Crippen LogP contribution in [0.3, 0.4) is 0 Å². The molecule has 1 aromatic rings. The van der Waals surface area contributed by atoms with Crippen LogP contribution in [-0.2, 0) is 6.54 Å². The van der Waals surface area contributed by atoms with Gasteiger partial charge in [-0.1, -0.05) is 37.8 Å². The third-order valence-electron chi connectivity index (χ3n) is 3.85. The van der Waals surface area contributed by atoms with Crippen LogP contribution in [0, 0.1) is 0 Å². The van der Waals surface area contributed by atoms with Crippen LogP contribution in [0.2, 0.25) is 0 Å². The van der Waals surface area contributed by atoms with Crippen molar-refractivity contribution >= 4 is 11.8 Å². The van der Waals surface area contributed by atoms with E-state index >= 15 is 0 Å². The van der Waals surface area contributed by atoms with E-state index in [-0.39, 0.29) is 5.54 Å². The summed E-state index contributed by atoms with van der Waals surface area (Å²) in [5.74, 6) is 0. The molecule has 0 aliphatic heterocycles. The Bertz CT molecular complexity index is 383. The van der Waals surface area contributed by atoms with E-state index in [4.69, 9.17) is 0 Å². The zero-order valence-electron chi connectivity index (χ0n) is 13.2. The maximum Gasteiger partial charge on any atom is 0.0210 e. The number of nitrogens with one attached hydrogen (secondary N) is 1. The average Bonchev–Trinajstić information content (AvgIpc) is 2.66. The second-order valence-corrected chi connectivity index (χ2v) is 8.35. The van der Waals surface area contributed by atoms with E-state index < -0.39 is 0 Å². The van der Waals surface area contributed by atoms with Crippen LogP contribution in [0.1, 0.15) is 64.9 Å². The van der Waals surface area contributed by atoms with Crippen molar-refractivity contribution in [1.82, 2.24) is 5.32 Å². The minimum Gasteiger partial charge on any atom is -0.308 e. The third-order valence-corrected chi connectivity index (χ3v) is 5.20. The molecule has 0 aromatic heterocycles. The first kappa shape index (κ1) is 15.9. The van der Waals surface area contributed by atoms with Gasteiger partial charge in [-0.3, -0.25) is 0 Å². The summed E-state index contributed by atoms with van der Waals surface area (Å²) >= 11 is 2.09. The van der Waals surface area contributed by atoms with Crippen LogP contribution in [0.15, 0.2) is 29.2 Å². The molecule has 20 heavy (non-hydrogen) atoms. The highest BCUT2D eigenvalue weighted by Crippen LogP contribution is 2.32. The third kappa shape index (κ3) is 5.88. The van der Waals surface area contributed by atoms with Gasteiger partial charge in [0.05, 0.1) is 0 Å². The second kappa shape index (κ2) is 7.51. The van der Waals surface area contributed by atoms with E-state index in [1.807, 2.05) is 0 Å². The van der Waals surface area contributed by atoms with Gasteiger partial charge in [-0.2, -0.15) is 0 Å². The highest BCUT2D eigenvalue weighted by molar-refractivity contribution is 8.00. The van der Waals surface area contributed by atoms with Gasteiger partial charge >= 0.3 is 0 Å². The fourth-order valence-corrected chi connectivity index (χ4v) is 3.85. The first-order valence-electron chi connectivity index (χ1n) is 8.03. The van der Waals surface area contributed by atoms with Crippen LogP contribution in [0.25, 0.3) is 0 Å². The standard InChI is InChI=1S/C18H29NS/c1-18(2,3)19-14-15-10-12-17(13-11-15)20-16-8-6-4-5-7-9-16/h10-13,16,19H,4-9,14H2,1-3H3. The van der Waals surface area contributed by atoms with Gasteiger partial charge < -0.3 is 5.32 Å². The predicted octanol–water partition coefficient (Wildman–Crippen LogP) is 5.39. The summed E-state index contributed by atoms with van der Waals surface area (Å²) < 4.78 is 0. The highest BCUT2D eigenvalue weighted by Gasteiger charge is 2.13. The van der Waals surface area contributed by atoms with Crippen molar-refractivity contribution in [3.8, 4) is 0 Å². The molecule has 0 amide bonds. The Hall–Kier alpha value is -0.470. The molecule has 0 saturated heterocycles. The normalized spacial score (nSPS) is 17.9. The van der Waals surface area contributed by atoms with Crippen molar-refractivity contribution in [2.45, 2.75) is 81.5 Å². The molecule has 2 rings (SSSR count). The summed E-state index contributed by atoms with van der Waals surface area (Å²) in [4.78, 5) is 1.44. The van der Waals surface area contributed by atoms with Crippen molar-refractivity contribution in [1.29, 1.82) is 0 Å². The van der Waals surface area contributed by atoms with E-state index in [0.717, 1.165) is 11.8 Å². The van der Waals surface area contributed by atoms with Crippen LogP contribution in [0.4, 0.5) is 0 Å². The largest absolute Gasteiger partial charge is 0.308 e. The van der Waals surface area contributed by atoms with E-state index in [2.05, 4.69) is 62.1 Å². The molecule has 1 aliphatic rings. The van der Waals surface area contributed by atoms with Crippen molar-refractivity contribution in [2.24, 2.45) is 0 Å². The lowest BCUT2D eigenvalue weighted by Gasteiger charge is -2.20. The number of hydrogen-bond acceptors (Lipinski definition) is 2. The van der Waals surface area contributed by atoms with Gasteiger partial charge in [0.15, 0.2) is 0 Å². The Labute approximate surface area is 128 Å². The first-order valence-corrected chi connectivity index (χ1v) is 8.91. The molecule has 1 nitrogen and oxygen atoms in total. The fourth-order valence-electron chi connectivity index (χ4n) is 2.61. The predicted molar refractivity (Wildman–Crippen MR) is 90.4 cm³/mol. The summed E-state index contributed by atoms with van der Waals surface area (Å²) in [6, 6.07) is 9.15. The van der Waals surface area contributed by atoms with Gasteiger partial charge in [-0.25, -0.2) is 0 Å². The Morgan fingerprint density at radius 3 is 2.15 bits per heavy atom. The van der Waals surface area contributed by atoms with Gasteiger partial charge in [-0.15, -0.1) is 11.8 Å². The summed E-state index contributed by atoms with van der Waals surface area (Å²) in [7, 11) is 0. The zero-order valence-corrected chi connectivity index (χ0v) is 14.1. The van der Waals surface area contributed by atoms with Gasteiger partial charge in [0.1, 0.15) is 0 Å². The van der Waals surface area contributed by atoms with Crippen LogP contribution in [0.5, 0.6) is 0 Å². The van der Waals surface area contributed by atoms with Gasteiger partial charge in [0.2, 0.25) is 0 Å². The number of hydrogen-bond donors (Lipinski definition) is 1. The summed E-state index contributed by atoms with van der Waals surface area (Å²) in [5, 5.41) is 4.38. The molecule has 0 radical (unpaired) electrons. The van der Waals surface area contributed by atoms with E-state index in [1.54, 1.807) is 0 Å². The second-order valence-electron chi connectivity index (χ2n) is 6.98. The van der Waals surface area contributed by atoms with Gasteiger partial charge in [0, 0.05) is 22.2 Å². The lowest BCUT2D eigenvalue weighted by molar-refractivity contribution is 0.424. The number of benzene rings is 1. The molecule has 0 spiro atoms. The van der Waals surface area contributed by atoms with Crippen molar-refractivity contribution in [3.63, 3.8) is 0 Å². The molecule has 1 aromatic carbocycles. The Balaban J connectivity index is 1.84. The maximum atomic E-state index is 3.54. The Morgan fingerprint density at radius 2 is 1.60 bits per heavy atom. The Morgan fingerprint density at radius 1 is 1.00 bits per heavy atom. The van der Waals surface area contributed by atoms with E-state index in [9.17, 15) is 0 Å². The monoisotopic (exact) mass is 291 g/mol. The van der Waals surface area contributed by atoms with E-state index in [1.165, 1.54) is 49.0 Å². The van der Waals surface area contributed by atoms with E-state index in [0.29, 0.717) is 0 Å². The molecule has 1 N–H and O–H groups in total. The molecule has 1 aliphatic carbocycles. The molecule has 112 valence electrons. The van der Waals surface area contributed by atoms with Gasteiger partial charge in [-0.05, 0) is 51.3 Å². The molecule has 0 unspecified atom stereocenters. The highest BCUT2D eigenvalue weighted by atomic mass is 32.2. The van der Waals surface area contributed by atoms with Crippen molar-refractivity contribution in [3.05, 3.63) is 29.8 Å². The summed E-state index contributed by atoms with van der Waals surface area (Å²) in [6.45, 7) is 7.59. The topological polar surface area (TPSA) is 12.0 Å². The minimum absolute atomic E-state index is 0.188. The Kier molecular flexibility index (Phi) is 5.98. The molecule has 2 heteroatoms. The number of rotatable bonds is 4. The van der Waals surface area contributed by atoms with Crippen LogP contribution >= 0.6 is 11.8 Å². The fraction of sp³-hybridized carbons (Fsp3) is 0.667. The lowest BCUT2D eigenvalue weighted by atomic mass is 10.1.